The van der Waals surface area contributed by atoms with Crippen LogP contribution in [-0.2, 0) is 0 Å². The van der Waals surface area contributed by atoms with Crippen LogP contribution in [0.5, 0.6) is 0 Å². The summed E-state index contributed by atoms with van der Waals surface area (Å²) in [6.45, 7) is 0. The Morgan fingerprint density at radius 3 is 2.67 bits per heavy atom. The van der Waals surface area contributed by atoms with Gasteiger partial charge in [-0.3, -0.25) is 4.98 Å². The summed E-state index contributed by atoms with van der Waals surface area (Å²) < 4.78 is 5.90. The molecular weight excluding hydrogens is 302 g/mol. The van der Waals surface area contributed by atoms with Crippen LogP contribution in [0.2, 0.25) is 0 Å². The Balaban J connectivity index is 1.97. The molecule has 0 spiro atoms. The van der Waals surface area contributed by atoms with Gasteiger partial charge in [0.15, 0.2) is 5.76 Å². The zero-order valence-corrected chi connectivity index (χ0v) is 12.5. The standard InChI is InChI=1S/C19H11N3O2/c20-10-12-5-6-18-15(7-12)16(22-23)9-19(24-18)17-8-13-3-1-2-4-14(13)11-21-17/h1-9,11,23H/b22-16-. The van der Waals surface area contributed by atoms with Gasteiger partial charge in [-0.1, -0.05) is 29.4 Å². The fraction of sp³-hybridized carbons (Fsp3) is 0. The molecule has 0 aliphatic rings. The molecule has 0 saturated carbocycles. The van der Waals surface area contributed by atoms with Crippen molar-refractivity contribution in [3.63, 3.8) is 0 Å². The summed E-state index contributed by atoms with van der Waals surface area (Å²) in [5.41, 5.74) is 1.64. The minimum absolute atomic E-state index is 0.332. The summed E-state index contributed by atoms with van der Waals surface area (Å²) >= 11 is 0. The van der Waals surface area contributed by atoms with Gasteiger partial charge in [-0.05, 0) is 29.7 Å². The molecule has 24 heavy (non-hydrogen) atoms. The van der Waals surface area contributed by atoms with Crippen molar-refractivity contribution in [2.75, 3.05) is 0 Å². The second-order valence-corrected chi connectivity index (χ2v) is 5.34. The normalized spacial score (nSPS) is 11.7. The van der Waals surface area contributed by atoms with Gasteiger partial charge >= 0.3 is 0 Å². The van der Waals surface area contributed by atoms with Gasteiger partial charge in [0.2, 0.25) is 0 Å². The first-order valence-corrected chi connectivity index (χ1v) is 7.30. The van der Waals surface area contributed by atoms with Crippen LogP contribution >= 0.6 is 0 Å². The fourth-order valence-corrected chi connectivity index (χ4v) is 2.67. The van der Waals surface area contributed by atoms with Gasteiger partial charge < -0.3 is 9.62 Å². The molecule has 114 valence electrons. The highest BCUT2D eigenvalue weighted by Gasteiger charge is 2.09. The van der Waals surface area contributed by atoms with Gasteiger partial charge in [0.1, 0.15) is 16.6 Å². The molecule has 0 radical (unpaired) electrons. The monoisotopic (exact) mass is 313 g/mol. The molecule has 2 heterocycles. The van der Waals surface area contributed by atoms with E-state index in [-0.39, 0.29) is 0 Å². The topological polar surface area (TPSA) is 82.4 Å². The maximum Gasteiger partial charge on any atom is 0.155 e. The summed E-state index contributed by atoms with van der Waals surface area (Å²) in [5, 5.41) is 24.6. The first-order valence-electron chi connectivity index (χ1n) is 7.30. The second kappa shape index (κ2) is 5.52. The van der Waals surface area contributed by atoms with Crippen molar-refractivity contribution < 1.29 is 9.62 Å². The van der Waals surface area contributed by atoms with E-state index >= 15 is 0 Å². The van der Waals surface area contributed by atoms with E-state index in [0.717, 1.165) is 10.8 Å². The molecule has 5 nitrogen and oxygen atoms in total. The molecule has 0 fully saturated rings. The van der Waals surface area contributed by atoms with E-state index < -0.39 is 0 Å². The van der Waals surface area contributed by atoms with Gasteiger partial charge in [-0.2, -0.15) is 5.26 Å². The van der Waals surface area contributed by atoms with Gasteiger partial charge in [0.25, 0.3) is 0 Å². The van der Waals surface area contributed by atoms with Crippen molar-refractivity contribution in [1.29, 1.82) is 5.26 Å². The van der Waals surface area contributed by atoms with Crippen LogP contribution in [0.3, 0.4) is 0 Å². The lowest BCUT2D eigenvalue weighted by Gasteiger charge is -2.05. The molecule has 0 saturated heterocycles. The maximum atomic E-state index is 9.32. The predicted octanol–water partition coefficient (Wildman–Crippen LogP) is 3.81. The SMILES string of the molecule is N#Cc1ccc2oc(-c3cc4ccccc4cn3)c/c(=N/O)c2c1. The third kappa shape index (κ3) is 2.27. The van der Waals surface area contributed by atoms with Crippen LogP contribution in [-0.4, -0.2) is 10.2 Å². The number of hydrogen-bond donors (Lipinski definition) is 1. The second-order valence-electron chi connectivity index (χ2n) is 5.34. The third-order valence-electron chi connectivity index (χ3n) is 3.86. The molecule has 0 amide bonds. The Labute approximate surface area is 136 Å². The molecule has 0 atom stereocenters. The lowest BCUT2D eigenvalue weighted by Crippen LogP contribution is -2.04. The summed E-state index contributed by atoms with van der Waals surface area (Å²) in [6, 6.07) is 18.5. The highest BCUT2D eigenvalue weighted by Crippen LogP contribution is 2.24. The van der Waals surface area contributed by atoms with Gasteiger partial charge in [0.05, 0.1) is 11.6 Å². The van der Waals surface area contributed by atoms with Crippen molar-refractivity contribution in [2.45, 2.75) is 0 Å². The average molecular weight is 313 g/mol. The lowest BCUT2D eigenvalue weighted by molar-refractivity contribution is 0.302. The van der Waals surface area contributed by atoms with Crippen LogP contribution in [0, 0.1) is 11.3 Å². The molecular formula is C19H11N3O2. The van der Waals surface area contributed by atoms with E-state index in [9.17, 15) is 5.21 Å². The van der Waals surface area contributed by atoms with Crippen LogP contribution in [0.25, 0.3) is 33.2 Å². The van der Waals surface area contributed by atoms with E-state index in [0.29, 0.717) is 33.3 Å². The Kier molecular flexibility index (Phi) is 3.22. The van der Waals surface area contributed by atoms with Crippen molar-refractivity contribution in [3.8, 4) is 17.5 Å². The number of rotatable bonds is 1. The molecule has 0 unspecified atom stereocenters. The van der Waals surface area contributed by atoms with Crippen LogP contribution < -0.4 is 5.36 Å². The molecule has 2 aromatic heterocycles. The van der Waals surface area contributed by atoms with Crippen LogP contribution in [0.1, 0.15) is 5.56 Å². The minimum atomic E-state index is 0.332. The molecule has 4 rings (SSSR count). The molecule has 0 bridgehead atoms. The van der Waals surface area contributed by atoms with E-state index in [2.05, 4.69) is 16.2 Å². The van der Waals surface area contributed by atoms with E-state index in [1.807, 2.05) is 30.3 Å². The van der Waals surface area contributed by atoms with Crippen LogP contribution in [0.4, 0.5) is 0 Å². The first kappa shape index (κ1) is 14.0. The number of nitriles is 1. The van der Waals surface area contributed by atoms with Gasteiger partial charge in [-0.15, -0.1) is 0 Å². The molecule has 1 N–H and O–H groups in total. The number of fused-ring (bicyclic) bond motifs is 2. The molecule has 4 aromatic rings. The van der Waals surface area contributed by atoms with Gasteiger partial charge in [0, 0.05) is 23.0 Å². The zero-order valence-electron chi connectivity index (χ0n) is 12.5. The Bertz CT molecular complexity index is 1190. The van der Waals surface area contributed by atoms with Crippen LogP contribution in [0.15, 0.2) is 70.4 Å². The highest BCUT2D eigenvalue weighted by molar-refractivity contribution is 5.85. The third-order valence-corrected chi connectivity index (χ3v) is 3.86. The lowest BCUT2D eigenvalue weighted by atomic mass is 10.1. The summed E-state index contributed by atoms with van der Waals surface area (Å²) in [5.74, 6) is 0.491. The minimum Gasteiger partial charge on any atom is -0.454 e. The summed E-state index contributed by atoms with van der Waals surface area (Å²) in [6.07, 6.45) is 1.78. The number of benzene rings is 2. The van der Waals surface area contributed by atoms with E-state index in [1.165, 1.54) is 0 Å². The van der Waals surface area contributed by atoms with Gasteiger partial charge in [-0.25, -0.2) is 0 Å². The van der Waals surface area contributed by atoms with E-state index in [4.69, 9.17) is 9.68 Å². The first-order chi connectivity index (χ1) is 11.8. The molecule has 0 aliphatic carbocycles. The molecule has 0 aliphatic heterocycles. The molecule has 5 heteroatoms. The number of hydrogen-bond acceptors (Lipinski definition) is 5. The largest absolute Gasteiger partial charge is 0.454 e. The van der Waals surface area contributed by atoms with E-state index in [1.54, 1.807) is 30.5 Å². The Hall–Kier alpha value is -3.65. The zero-order chi connectivity index (χ0) is 16.5. The molecule has 2 aromatic carbocycles. The number of aromatic nitrogens is 1. The summed E-state index contributed by atoms with van der Waals surface area (Å²) in [7, 11) is 0. The smallest absolute Gasteiger partial charge is 0.155 e. The number of pyridine rings is 1. The van der Waals surface area contributed by atoms with Crippen molar-refractivity contribution in [3.05, 3.63) is 71.7 Å². The highest BCUT2D eigenvalue weighted by atomic mass is 16.4. The Morgan fingerprint density at radius 1 is 1.04 bits per heavy atom. The summed E-state index contributed by atoms with van der Waals surface area (Å²) in [4.78, 5) is 4.42. The van der Waals surface area contributed by atoms with Crippen molar-refractivity contribution >= 4 is 21.7 Å². The average Bonchev–Trinajstić information content (AvgIpc) is 2.66. The fourth-order valence-electron chi connectivity index (χ4n) is 2.67. The maximum absolute atomic E-state index is 9.32. The van der Waals surface area contributed by atoms with Crippen molar-refractivity contribution in [1.82, 2.24) is 4.98 Å². The van der Waals surface area contributed by atoms with Crippen molar-refractivity contribution in [2.24, 2.45) is 5.16 Å². The number of nitrogens with zero attached hydrogens (tertiary/aromatic N) is 3. The quantitative estimate of drug-likeness (QED) is 0.428. The predicted molar refractivity (Wildman–Crippen MR) is 89.0 cm³/mol. The Morgan fingerprint density at radius 2 is 1.88 bits per heavy atom.